The summed E-state index contributed by atoms with van der Waals surface area (Å²) in [4.78, 5) is 0. The molecule has 0 spiro atoms. The lowest BCUT2D eigenvalue weighted by Crippen LogP contribution is -2.15. The van der Waals surface area contributed by atoms with Crippen LogP contribution in [0.1, 0.15) is 24.5 Å². The molecule has 2 heteroatoms. The van der Waals surface area contributed by atoms with Gasteiger partial charge >= 0.3 is 0 Å². The monoisotopic (exact) mass is 190 g/mol. The van der Waals surface area contributed by atoms with Crippen LogP contribution < -0.4 is 4.74 Å². The van der Waals surface area contributed by atoms with Gasteiger partial charge in [0.1, 0.15) is 17.6 Å². The zero-order valence-corrected chi connectivity index (χ0v) is 8.45. The number of ether oxygens (including phenoxy) is 1. The number of fused-ring (bicyclic) bond motifs is 1. The van der Waals surface area contributed by atoms with Crippen LogP contribution in [0.25, 0.3) is 6.08 Å². The highest BCUT2D eigenvalue weighted by Crippen LogP contribution is 2.34. The molecule has 1 aromatic rings. The lowest BCUT2D eigenvalue weighted by atomic mass is 10.1. The number of aromatic hydroxyl groups is 1. The molecule has 0 bridgehead atoms. The first-order chi connectivity index (χ1) is 6.70. The second kappa shape index (κ2) is 3.37. The van der Waals surface area contributed by atoms with E-state index in [2.05, 4.69) is 6.92 Å². The molecule has 74 valence electrons. The van der Waals surface area contributed by atoms with Crippen molar-refractivity contribution in [2.75, 3.05) is 0 Å². The van der Waals surface area contributed by atoms with Crippen molar-refractivity contribution in [2.24, 2.45) is 0 Å². The number of phenolic OH excluding ortho intramolecular Hbond substituents is 1. The fourth-order valence-corrected chi connectivity index (χ4v) is 1.64. The number of benzene rings is 1. The maximum Gasteiger partial charge on any atom is 0.131 e. The first-order valence-corrected chi connectivity index (χ1v) is 4.89. The Hall–Kier alpha value is -1.44. The summed E-state index contributed by atoms with van der Waals surface area (Å²) in [6.45, 7) is 4.03. The Morgan fingerprint density at radius 2 is 2.21 bits per heavy atom. The van der Waals surface area contributed by atoms with Gasteiger partial charge < -0.3 is 9.84 Å². The Balaban J connectivity index is 2.45. The molecule has 1 aliphatic heterocycles. The third-order valence-corrected chi connectivity index (χ3v) is 2.42. The van der Waals surface area contributed by atoms with Gasteiger partial charge in [0.15, 0.2) is 0 Å². The maximum absolute atomic E-state index is 9.66. The van der Waals surface area contributed by atoms with E-state index in [-0.39, 0.29) is 6.10 Å². The number of aryl methyl sites for hydroxylation is 1. The summed E-state index contributed by atoms with van der Waals surface area (Å²) in [6.07, 6.45) is 5.01. The predicted octanol–water partition coefficient (Wildman–Crippen LogP) is 2.88. The minimum absolute atomic E-state index is 0.142. The summed E-state index contributed by atoms with van der Waals surface area (Å²) in [7, 11) is 0. The number of hydrogen-bond donors (Lipinski definition) is 1. The minimum Gasteiger partial charge on any atom is -0.507 e. The quantitative estimate of drug-likeness (QED) is 0.737. The molecule has 2 nitrogen and oxygen atoms in total. The van der Waals surface area contributed by atoms with Gasteiger partial charge in [-0.15, -0.1) is 0 Å². The summed E-state index contributed by atoms with van der Waals surface area (Å²) < 4.78 is 5.70. The van der Waals surface area contributed by atoms with Crippen molar-refractivity contribution in [1.29, 1.82) is 0 Å². The minimum atomic E-state index is 0.142. The molecule has 0 saturated heterocycles. The normalized spacial score (nSPS) is 18.9. The van der Waals surface area contributed by atoms with Gasteiger partial charge in [0.25, 0.3) is 0 Å². The van der Waals surface area contributed by atoms with E-state index in [1.807, 2.05) is 25.1 Å². The third kappa shape index (κ3) is 1.48. The van der Waals surface area contributed by atoms with Crippen LogP contribution in [0.2, 0.25) is 0 Å². The average Bonchev–Trinajstić information content (AvgIpc) is 2.16. The van der Waals surface area contributed by atoms with Crippen LogP contribution in [-0.2, 0) is 0 Å². The summed E-state index contributed by atoms with van der Waals surface area (Å²) in [5.74, 6) is 1.09. The predicted molar refractivity (Wildman–Crippen MR) is 56.6 cm³/mol. The van der Waals surface area contributed by atoms with Crippen molar-refractivity contribution in [2.45, 2.75) is 26.4 Å². The van der Waals surface area contributed by atoms with Crippen LogP contribution in [0.15, 0.2) is 18.2 Å². The third-order valence-electron chi connectivity index (χ3n) is 2.42. The number of rotatable bonds is 1. The van der Waals surface area contributed by atoms with Gasteiger partial charge in [-0.05, 0) is 43.2 Å². The molecule has 14 heavy (non-hydrogen) atoms. The molecule has 1 heterocycles. The average molecular weight is 190 g/mol. The smallest absolute Gasteiger partial charge is 0.131 e. The lowest BCUT2D eigenvalue weighted by Gasteiger charge is -2.21. The Bertz CT molecular complexity index is 380. The van der Waals surface area contributed by atoms with Gasteiger partial charge in [0.05, 0.1) is 5.56 Å². The molecule has 0 amide bonds. The van der Waals surface area contributed by atoms with Gasteiger partial charge in [-0.25, -0.2) is 0 Å². The molecular weight excluding hydrogens is 176 g/mol. The van der Waals surface area contributed by atoms with Crippen molar-refractivity contribution in [1.82, 2.24) is 0 Å². The number of hydrogen-bond acceptors (Lipinski definition) is 2. The van der Waals surface area contributed by atoms with E-state index < -0.39 is 0 Å². The van der Waals surface area contributed by atoms with Crippen molar-refractivity contribution in [3.63, 3.8) is 0 Å². The van der Waals surface area contributed by atoms with E-state index in [1.165, 1.54) is 0 Å². The van der Waals surface area contributed by atoms with Gasteiger partial charge in [0, 0.05) is 0 Å². The summed E-state index contributed by atoms with van der Waals surface area (Å²) >= 11 is 0. The van der Waals surface area contributed by atoms with Crippen molar-refractivity contribution in [3.05, 3.63) is 29.3 Å². The van der Waals surface area contributed by atoms with Gasteiger partial charge in [-0.3, -0.25) is 0 Å². The zero-order valence-electron chi connectivity index (χ0n) is 8.45. The molecular formula is C12H14O2. The van der Waals surface area contributed by atoms with E-state index >= 15 is 0 Å². The second-order valence-electron chi connectivity index (χ2n) is 3.62. The highest BCUT2D eigenvalue weighted by Gasteiger charge is 2.15. The molecule has 0 aliphatic carbocycles. The molecule has 0 aromatic heterocycles. The van der Waals surface area contributed by atoms with Gasteiger partial charge in [0.2, 0.25) is 0 Å². The van der Waals surface area contributed by atoms with Crippen LogP contribution in [0, 0.1) is 6.92 Å². The molecule has 0 fully saturated rings. The molecule has 1 aromatic carbocycles. The van der Waals surface area contributed by atoms with Crippen LogP contribution in [-0.4, -0.2) is 11.2 Å². The van der Waals surface area contributed by atoms with Crippen LogP contribution >= 0.6 is 0 Å². The standard InChI is InChI=1S/C12H14O2/c1-3-9-4-5-10-11(13)6-8(2)7-12(10)14-9/h4-7,9,13H,3H2,1-2H3/t9-/m0/s1. The first kappa shape index (κ1) is 9.13. The van der Waals surface area contributed by atoms with Crippen molar-refractivity contribution in [3.8, 4) is 11.5 Å². The molecule has 0 radical (unpaired) electrons. The SMILES string of the molecule is CC[C@H]1C=Cc2c(O)cc(C)cc2O1. The highest BCUT2D eigenvalue weighted by molar-refractivity contribution is 5.66. The first-order valence-electron chi connectivity index (χ1n) is 4.89. The van der Waals surface area contributed by atoms with E-state index in [1.54, 1.807) is 6.07 Å². The largest absolute Gasteiger partial charge is 0.507 e. The Morgan fingerprint density at radius 1 is 1.43 bits per heavy atom. The highest BCUT2D eigenvalue weighted by atomic mass is 16.5. The molecule has 0 saturated carbocycles. The van der Waals surface area contributed by atoms with E-state index in [0.29, 0.717) is 5.75 Å². The van der Waals surface area contributed by atoms with E-state index in [0.717, 1.165) is 23.3 Å². The Labute approximate surface area is 83.8 Å². The molecule has 1 N–H and O–H groups in total. The molecule has 1 atom stereocenters. The van der Waals surface area contributed by atoms with Crippen LogP contribution in [0.3, 0.4) is 0 Å². The summed E-state index contributed by atoms with van der Waals surface area (Å²) in [5.41, 5.74) is 1.81. The maximum atomic E-state index is 9.66. The van der Waals surface area contributed by atoms with E-state index in [9.17, 15) is 5.11 Å². The topological polar surface area (TPSA) is 29.5 Å². The van der Waals surface area contributed by atoms with Crippen molar-refractivity contribution < 1.29 is 9.84 Å². The van der Waals surface area contributed by atoms with E-state index in [4.69, 9.17) is 4.74 Å². The van der Waals surface area contributed by atoms with Crippen LogP contribution in [0.4, 0.5) is 0 Å². The van der Waals surface area contributed by atoms with Gasteiger partial charge in [-0.1, -0.05) is 6.92 Å². The lowest BCUT2D eigenvalue weighted by molar-refractivity contribution is 0.240. The molecule has 0 unspecified atom stereocenters. The Morgan fingerprint density at radius 3 is 2.93 bits per heavy atom. The molecule has 1 aliphatic rings. The number of phenols is 1. The fraction of sp³-hybridized carbons (Fsp3) is 0.333. The van der Waals surface area contributed by atoms with Crippen LogP contribution in [0.5, 0.6) is 11.5 Å². The molecule has 2 rings (SSSR count). The van der Waals surface area contributed by atoms with Gasteiger partial charge in [-0.2, -0.15) is 0 Å². The Kier molecular flexibility index (Phi) is 2.20. The summed E-state index contributed by atoms with van der Waals surface area (Å²) in [6, 6.07) is 3.71. The van der Waals surface area contributed by atoms with Crippen molar-refractivity contribution >= 4 is 6.08 Å². The zero-order chi connectivity index (χ0) is 10.1. The summed E-state index contributed by atoms with van der Waals surface area (Å²) in [5, 5.41) is 9.66. The second-order valence-corrected chi connectivity index (χ2v) is 3.62. The fourth-order valence-electron chi connectivity index (χ4n) is 1.64.